The standard InChI is InChI=1S/C22H20ClN3O3S/c23-16-2-6-21(24-14-16)25-7-9-26(10-8-25)22(27)20-5-4-19(30-20)15-1-3-17-18(13-15)29-12-11-28-17/h1-6,13-14H,7-12H2. The fourth-order valence-corrected chi connectivity index (χ4v) is 4.74. The Balaban J connectivity index is 1.25. The second-order valence-electron chi connectivity index (χ2n) is 7.14. The number of ether oxygens (including phenoxy) is 2. The minimum Gasteiger partial charge on any atom is -0.486 e. The first-order valence-electron chi connectivity index (χ1n) is 9.83. The minimum atomic E-state index is 0.0764. The Morgan fingerprint density at radius 2 is 1.77 bits per heavy atom. The number of hydrogen-bond acceptors (Lipinski definition) is 6. The summed E-state index contributed by atoms with van der Waals surface area (Å²) in [5.74, 6) is 2.49. The lowest BCUT2D eigenvalue weighted by Crippen LogP contribution is -2.48. The summed E-state index contributed by atoms with van der Waals surface area (Å²) in [6.45, 7) is 3.97. The molecule has 2 aliphatic rings. The highest BCUT2D eigenvalue weighted by molar-refractivity contribution is 7.17. The molecule has 1 amide bonds. The number of fused-ring (bicyclic) bond motifs is 1. The lowest BCUT2D eigenvalue weighted by molar-refractivity contribution is 0.0751. The Morgan fingerprint density at radius 1 is 0.967 bits per heavy atom. The molecule has 1 saturated heterocycles. The molecule has 154 valence electrons. The topological polar surface area (TPSA) is 54.9 Å². The van der Waals surface area contributed by atoms with E-state index in [0.717, 1.165) is 45.7 Å². The van der Waals surface area contributed by atoms with Crippen LogP contribution in [0.25, 0.3) is 10.4 Å². The van der Waals surface area contributed by atoms with Gasteiger partial charge in [-0.25, -0.2) is 4.98 Å². The third kappa shape index (κ3) is 3.82. The van der Waals surface area contributed by atoms with E-state index in [0.29, 0.717) is 31.3 Å². The van der Waals surface area contributed by atoms with Crippen LogP contribution in [0.4, 0.5) is 5.82 Å². The van der Waals surface area contributed by atoms with Gasteiger partial charge in [0.25, 0.3) is 5.91 Å². The number of halogens is 1. The third-order valence-electron chi connectivity index (χ3n) is 5.25. The van der Waals surface area contributed by atoms with Gasteiger partial charge in [0, 0.05) is 37.3 Å². The fraction of sp³-hybridized carbons (Fsp3) is 0.273. The van der Waals surface area contributed by atoms with Gasteiger partial charge in [-0.2, -0.15) is 0 Å². The van der Waals surface area contributed by atoms with E-state index >= 15 is 0 Å². The van der Waals surface area contributed by atoms with E-state index in [1.54, 1.807) is 6.20 Å². The normalized spacial score (nSPS) is 15.9. The molecule has 0 spiro atoms. The smallest absolute Gasteiger partial charge is 0.264 e. The predicted octanol–water partition coefficient (Wildman–Crippen LogP) is 4.20. The van der Waals surface area contributed by atoms with Crippen molar-refractivity contribution < 1.29 is 14.3 Å². The Bertz CT molecular complexity index is 1060. The van der Waals surface area contributed by atoms with Crippen molar-refractivity contribution in [3.05, 3.63) is 58.6 Å². The van der Waals surface area contributed by atoms with Crippen molar-refractivity contribution in [3.8, 4) is 21.9 Å². The molecule has 0 unspecified atom stereocenters. The summed E-state index contributed by atoms with van der Waals surface area (Å²) in [5.41, 5.74) is 1.03. The number of nitrogens with zero attached hydrogens (tertiary/aromatic N) is 3. The van der Waals surface area contributed by atoms with Crippen LogP contribution < -0.4 is 14.4 Å². The van der Waals surface area contributed by atoms with Gasteiger partial charge in [0.2, 0.25) is 0 Å². The molecular weight excluding hydrogens is 422 g/mol. The Labute approximate surface area is 183 Å². The van der Waals surface area contributed by atoms with Gasteiger partial charge in [-0.15, -0.1) is 11.3 Å². The van der Waals surface area contributed by atoms with Gasteiger partial charge in [0.05, 0.1) is 9.90 Å². The van der Waals surface area contributed by atoms with Crippen LogP contribution in [0.2, 0.25) is 5.02 Å². The van der Waals surface area contributed by atoms with Crippen LogP contribution in [0.15, 0.2) is 48.7 Å². The lowest BCUT2D eigenvalue weighted by atomic mass is 10.1. The maximum absolute atomic E-state index is 13.0. The summed E-state index contributed by atoms with van der Waals surface area (Å²) < 4.78 is 11.3. The number of carbonyl (C=O) groups is 1. The van der Waals surface area contributed by atoms with Crippen LogP contribution in [-0.4, -0.2) is 55.2 Å². The van der Waals surface area contributed by atoms with Crippen LogP contribution in [-0.2, 0) is 0 Å². The van der Waals surface area contributed by atoms with E-state index in [9.17, 15) is 4.79 Å². The maximum Gasteiger partial charge on any atom is 0.264 e. The average molecular weight is 442 g/mol. The number of aromatic nitrogens is 1. The third-order valence-corrected chi connectivity index (χ3v) is 6.59. The molecule has 4 heterocycles. The predicted molar refractivity (Wildman–Crippen MR) is 118 cm³/mol. The molecule has 0 radical (unpaired) electrons. The lowest BCUT2D eigenvalue weighted by Gasteiger charge is -2.35. The Kier molecular flexibility index (Phi) is 5.23. The highest BCUT2D eigenvalue weighted by Crippen LogP contribution is 2.37. The highest BCUT2D eigenvalue weighted by Gasteiger charge is 2.24. The van der Waals surface area contributed by atoms with E-state index in [2.05, 4.69) is 9.88 Å². The molecule has 8 heteroatoms. The highest BCUT2D eigenvalue weighted by atomic mass is 35.5. The molecule has 0 bridgehead atoms. The average Bonchev–Trinajstić information content (AvgIpc) is 3.29. The molecule has 2 aliphatic heterocycles. The van der Waals surface area contributed by atoms with Crippen LogP contribution in [0, 0.1) is 0 Å². The number of hydrogen-bond donors (Lipinski definition) is 0. The monoisotopic (exact) mass is 441 g/mol. The summed E-state index contributed by atoms with van der Waals surface area (Å²) in [7, 11) is 0. The molecule has 0 aliphatic carbocycles. The summed E-state index contributed by atoms with van der Waals surface area (Å²) in [5, 5.41) is 0.624. The molecule has 30 heavy (non-hydrogen) atoms. The first-order chi connectivity index (χ1) is 14.7. The number of benzene rings is 1. The minimum absolute atomic E-state index is 0.0764. The number of thiophene rings is 1. The summed E-state index contributed by atoms with van der Waals surface area (Å²) in [4.78, 5) is 23.2. The van der Waals surface area contributed by atoms with Gasteiger partial charge in [-0.05, 0) is 48.0 Å². The van der Waals surface area contributed by atoms with Crippen molar-refractivity contribution in [2.24, 2.45) is 0 Å². The van der Waals surface area contributed by atoms with Crippen molar-refractivity contribution in [1.82, 2.24) is 9.88 Å². The number of carbonyl (C=O) groups excluding carboxylic acids is 1. The van der Waals surface area contributed by atoms with Crippen LogP contribution in [0.1, 0.15) is 9.67 Å². The second kappa shape index (κ2) is 8.16. The number of amides is 1. The van der Waals surface area contributed by atoms with Gasteiger partial charge in [0.1, 0.15) is 19.0 Å². The summed E-state index contributed by atoms with van der Waals surface area (Å²) in [6.07, 6.45) is 1.65. The molecule has 3 aromatic rings. The van der Waals surface area contributed by atoms with Gasteiger partial charge < -0.3 is 19.3 Å². The fourth-order valence-electron chi connectivity index (χ4n) is 3.65. The van der Waals surface area contributed by atoms with E-state index in [-0.39, 0.29) is 5.91 Å². The zero-order chi connectivity index (χ0) is 20.5. The van der Waals surface area contributed by atoms with Gasteiger partial charge in [-0.3, -0.25) is 4.79 Å². The quantitative estimate of drug-likeness (QED) is 0.609. The molecule has 1 aromatic carbocycles. The molecule has 0 atom stereocenters. The van der Waals surface area contributed by atoms with E-state index in [1.165, 1.54) is 11.3 Å². The molecule has 1 fully saturated rings. The van der Waals surface area contributed by atoms with Gasteiger partial charge >= 0.3 is 0 Å². The van der Waals surface area contributed by atoms with Crippen LogP contribution in [0.3, 0.4) is 0 Å². The van der Waals surface area contributed by atoms with Crippen molar-refractivity contribution in [3.63, 3.8) is 0 Å². The molecular formula is C22H20ClN3O3S. The summed E-state index contributed by atoms with van der Waals surface area (Å²) in [6, 6.07) is 13.6. The number of rotatable bonds is 3. The Hall–Kier alpha value is -2.77. The SMILES string of the molecule is O=C(c1ccc(-c2ccc3c(c2)OCCO3)s1)N1CCN(c2ccc(Cl)cn2)CC1. The van der Waals surface area contributed by atoms with Crippen molar-refractivity contribution in [2.75, 3.05) is 44.3 Å². The van der Waals surface area contributed by atoms with Crippen LogP contribution >= 0.6 is 22.9 Å². The van der Waals surface area contributed by atoms with Crippen LogP contribution in [0.5, 0.6) is 11.5 Å². The Morgan fingerprint density at radius 3 is 2.53 bits per heavy atom. The second-order valence-corrected chi connectivity index (χ2v) is 8.66. The molecule has 5 rings (SSSR count). The molecule has 0 saturated carbocycles. The molecule has 2 aromatic heterocycles. The van der Waals surface area contributed by atoms with E-state index < -0.39 is 0 Å². The molecule has 0 N–H and O–H groups in total. The number of piperazine rings is 1. The van der Waals surface area contributed by atoms with Crippen molar-refractivity contribution in [2.45, 2.75) is 0 Å². The summed E-state index contributed by atoms with van der Waals surface area (Å²) >= 11 is 7.43. The van der Waals surface area contributed by atoms with E-state index in [1.807, 2.05) is 47.4 Å². The number of anilines is 1. The zero-order valence-corrected chi connectivity index (χ0v) is 17.8. The van der Waals surface area contributed by atoms with Crippen molar-refractivity contribution in [1.29, 1.82) is 0 Å². The first-order valence-corrected chi connectivity index (χ1v) is 11.0. The number of pyridine rings is 1. The van der Waals surface area contributed by atoms with Gasteiger partial charge in [-0.1, -0.05) is 11.6 Å². The maximum atomic E-state index is 13.0. The largest absolute Gasteiger partial charge is 0.486 e. The van der Waals surface area contributed by atoms with Gasteiger partial charge in [0.15, 0.2) is 11.5 Å². The van der Waals surface area contributed by atoms with E-state index in [4.69, 9.17) is 21.1 Å². The molecule has 6 nitrogen and oxygen atoms in total. The first kappa shape index (κ1) is 19.2. The van der Waals surface area contributed by atoms with Crippen molar-refractivity contribution >= 4 is 34.7 Å². The zero-order valence-electron chi connectivity index (χ0n) is 16.2.